The molecule has 2 fully saturated rings. The minimum absolute atomic E-state index is 0.215. The van der Waals surface area contributed by atoms with Crippen molar-refractivity contribution in [3.05, 3.63) is 95.3 Å². The molecule has 3 aromatic carbocycles. The third-order valence-electron chi connectivity index (χ3n) is 9.82. The highest BCUT2D eigenvalue weighted by atomic mass is 19.2. The van der Waals surface area contributed by atoms with E-state index in [1.807, 2.05) is 6.07 Å². The van der Waals surface area contributed by atoms with Crippen LogP contribution in [-0.2, 0) is 6.42 Å². The zero-order valence-electron chi connectivity index (χ0n) is 24.1. The second-order valence-corrected chi connectivity index (χ2v) is 12.1. The smallest absolute Gasteiger partial charge is 0.166 e. The molecule has 0 aliphatic heterocycles. The van der Waals surface area contributed by atoms with Gasteiger partial charge in [0.2, 0.25) is 0 Å². The van der Waals surface area contributed by atoms with Crippen molar-refractivity contribution >= 4 is 0 Å². The maximum Gasteiger partial charge on any atom is 0.166 e. The van der Waals surface area contributed by atoms with Gasteiger partial charge in [0.1, 0.15) is 5.82 Å². The lowest BCUT2D eigenvalue weighted by atomic mass is 9.68. The SMILES string of the molecule is CC=CCCC1CCC(C2CCC(c3ccc(-c4ccc(-c5ccc(CC)c(F)c5F)cc4)c(F)c3)CC2)CC1. The zero-order chi connectivity index (χ0) is 28.1. The first-order valence-corrected chi connectivity index (χ1v) is 15.5. The van der Waals surface area contributed by atoms with Gasteiger partial charge in [0, 0.05) is 11.1 Å². The third kappa shape index (κ3) is 6.40. The third-order valence-corrected chi connectivity index (χ3v) is 9.82. The Kier molecular flexibility index (Phi) is 9.50. The van der Waals surface area contributed by atoms with Gasteiger partial charge in [-0.1, -0.05) is 80.4 Å². The van der Waals surface area contributed by atoms with Crippen LogP contribution in [0.15, 0.2) is 66.7 Å². The monoisotopic (exact) mass is 544 g/mol. The van der Waals surface area contributed by atoms with Crippen LogP contribution in [-0.4, -0.2) is 0 Å². The van der Waals surface area contributed by atoms with Crippen molar-refractivity contribution in [2.75, 3.05) is 0 Å². The van der Waals surface area contributed by atoms with Crippen molar-refractivity contribution in [3.63, 3.8) is 0 Å². The van der Waals surface area contributed by atoms with Crippen LogP contribution in [0, 0.1) is 35.2 Å². The number of halogens is 3. The van der Waals surface area contributed by atoms with E-state index in [1.54, 1.807) is 49.4 Å². The zero-order valence-corrected chi connectivity index (χ0v) is 24.1. The van der Waals surface area contributed by atoms with Crippen molar-refractivity contribution in [1.82, 2.24) is 0 Å². The molecule has 0 N–H and O–H groups in total. The molecule has 5 rings (SSSR count). The number of benzene rings is 3. The highest BCUT2D eigenvalue weighted by molar-refractivity contribution is 5.71. The van der Waals surface area contributed by atoms with Gasteiger partial charge in [-0.05, 0) is 117 Å². The molecule has 0 saturated heterocycles. The van der Waals surface area contributed by atoms with E-state index >= 15 is 4.39 Å². The van der Waals surface area contributed by atoms with E-state index in [4.69, 9.17) is 0 Å². The van der Waals surface area contributed by atoms with Crippen molar-refractivity contribution < 1.29 is 13.2 Å². The maximum absolute atomic E-state index is 15.3. The molecule has 2 aliphatic carbocycles. The van der Waals surface area contributed by atoms with Crippen LogP contribution >= 0.6 is 0 Å². The lowest BCUT2D eigenvalue weighted by Crippen LogP contribution is -2.25. The molecule has 40 heavy (non-hydrogen) atoms. The summed E-state index contributed by atoms with van der Waals surface area (Å²) in [6, 6.07) is 16.0. The summed E-state index contributed by atoms with van der Waals surface area (Å²) < 4.78 is 44.2. The van der Waals surface area contributed by atoms with Crippen molar-refractivity contribution in [3.8, 4) is 22.3 Å². The molecule has 3 heteroatoms. The van der Waals surface area contributed by atoms with Crippen LogP contribution in [0.2, 0.25) is 0 Å². The second-order valence-electron chi connectivity index (χ2n) is 12.1. The predicted octanol–water partition coefficient (Wildman–Crippen LogP) is 11.4. The van der Waals surface area contributed by atoms with E-state index < -0.39 is 11.6 Å². The summed E-state index contributed by atoms with van der Waals surface area (Å²) in [7, 11) is 0. The Morgan fingerprint density at radius 3 is 1.90 bits per heavy atom. The van der Waals surface area contributed by atoms with Crippen LogP contribution in [0.3, 0.4) is 0 Å². The van der Waals surface area contributed by atoms with E-state index in [9.17, 15) is 8.78 Å². The van der Waals surface area contributed by atoms with Gasteiger partial charge in [-0.25, -0.2) is 13.2 Å². The molecule has 3 aromatic rings. The molecule has 0 bridgehead atoms. The number of hydrogen-bond donors (Lipinski definition) is 0. The molecule has 212 valence electrons. The van der Waals surface area contributed by atoms with Gasteiger partial charge in [0.25, 0.3) is 0 Å². The average Bonchev–Trinajstić information content (AvgIpc) is 2.99. The molecule has 0 aromatic heterocycles. The molecule has 0 nitrogen and oxygen atoms in total. The Bertz CT molecular complexity index is 1290. The molecule has 0 atom stereocenters. The number of hydrogen-bond acceptors (Lipinski definition) is 0. The van der Waals surface area contributed by atoms with Gasteiger partial charge in [-0.3, -0.25) is 0 Å². The Labute approximate surface area is 238 Å². The quantitative estimate of drug-likeness (QED) is 0.247. The lowest BCUT2D eigenvalue weighted by molar-refractivity contribution is 0.157. The molecule has 2 saturated carbocycles. The van der Waals surface area contributed by atoms with Crippen molar-refractivity contribution in [2.24, 2.45) is 17.8 Å². The van der Waals surface area contributed by atoms with E-state index in [1.165, 1.54) is 51.4 Å². The predicted molar refractivity (Wildman–Crippen MR) is 161 cm³/mol. The Hall–Kier alpha value is -2.81. The standard InChI is InChI=1S/C37H43F3/c1-3-5-6-7-25-8-10-27(11-9-25)28-12-14-29(15-13-28)32-21-22-33(35(38)24-32)30-16-18-31(19-17-30)34-23-20-26(4-2)36(39)37(34)40/h3,5,16-25,27-29H,4,6-15H2,1-2H3. The molecule has 0 radical (unpaired) electrons. The minimum Gasteiger partial charge on any atom is -0.206 e. The van der Waals surface area contributed by atoms with Crippen LogP contribution < -0.4 is 0 Å². The van der Waals surface area contributed by atoms with E-state index in [0.29, 0.717) is 29.0 Å². The van der Waals surface area contributed by atoms with Gasteiger partial charge >= 0.3 is 0 Å². The van der Waals surface area contributed by atoms with Gasteiger partial charge in [0.15, 0.2) is 11.6 Å². The highest BCUT2D eigenvalue weighted by Crippen LogP contribution is 2.45. The van der Waals surface area contributed by atoms with Crippen LogP contribution in [0.25, 0.3) is 22.3 Å². The normalized spacial score (nSPS) is 23.5. The maximum atomic E-state index is 15.3. The van der Waals surface area contributed by atoms with Gasteiger partial charge < -0.3 is 0 Å². The highest BCUT2D eigenvalue weighted by Gasteiger charge is 2.31. The van der Waals surface area contributed by atoms with Crippen LogP contribution in [0.1, 0.15) is 95.1 Å². The van der Waals surface area contributed by atoms with E-state index in [2.05, 4.69) is 25.1 Å². The first-order valence-electron chi connectivity index (χ1n) is 15.5. The summed E-state index contributed by atoms with van der Waals surface area (Å²) in [5.74, 6) is 1.24. The molecule has 2 aliphatic rings. The van der Waals surface area contributed by atoms with Crippen LogP contribution in [0.4, 0.5) is 13.2 Å². The van der Waals surface area contributed by atoms with Crippen LogP contribution in [0.5, 0.6) is 0 Å². The number of allylic oxidation sites excluding steroid dienone is 2. The van der Waals surface area contributed by atoms with E-state index in [0.717, 1.165) is 41.7 Å². The first kappa shape index (κ1) is 28.7. The first-order chi connectivity index (χ1) is 19.5. The van der Waals surface area contributed by atoms with Gasteiger partial charge in [-0.15, -0.1) is 0 Å². The second kappa shape index (κ2) is 13.2. The Balaban J connectivity index is 1.18. The van der Waals surface area contributed by atoms with E-state index in [-0.39, 0.29) is 11.4 Å². The lowest BCUT2D eigenvalue weighted by Gasteiger charge is -2.38. The average molecular weight is 545 g/mol. The largest absolute Gasteiger partial charge is 0.206 e. The molecule has 0 heterocycles. The fourth-order valence-electron chi connectivity index (χ4n) is 7.31. The number of rotatable bonds is 8. The topological polar surface area (TPSA) is 0 Å². The summed E-state index contributed by atoms with van der Waals surface area (Å²) in [5, 5.41) is 0. The molecule has 0 spiro atoms. The summed E-state index contributed by atoms with van der Waals surface area (Å²) >= 11 is 0. The van der Waals surface area contributed by atoms with Gasteiger partial charge in [0.05, 0.1) is 0 Å². The van der Waals surface area contributed by atoms with Gasteiger partial charge in [-0.2, -0.15) is 0 Å². The molecule has 0 amide bonds. The molecular weight excluding hydrogens is 501 g/mol. The van der Waals surface area contributed by atoms with Crippen molar-refractivity contribution in [2.45, 2.75) is 90.4 Å². The number of aryl methyl sites for hydroxylation is 1. The fraction of sp³-hybridized carbons (Fsp3) is 0.459. The molecular formula is C37H43F3. The summed E-state index contributed by atoms with van der Waals surface area (Å²) in [5.41, 5.74) is 3.57. The molecule has 0 unspecified atom stereocenters. The minimum atomic E-state index is -0.829. The van der Waals surface area contributed by atoms with Crippen molar-refractivity contribution in [1.29, 1.82) is 0 Å². The summed E-state index contributed by atoms with van der Waals surface area (Å²) in [6.45, 7) is 3.91. The Morgan fingerprint density at radius 2 is 1.30 bits per heavy atom. The Morgan fingerprint density at radius 1 is 0.700 bits per heavy atom. The summed E-state index contributed by atoms with van der Waals surface area (Å²) in [4.78, 5) is 0. The summed E-state index contributed by atoms with van der Waals surface area (Å²) in [6.07, 6.45) is 17.9. The fourth-order valence-corrected chi connectivity index (χ4v) is 7.31.